The van der Waals surface area contributed by atoms with E-state index < -0.39 is 5.97 Å². The molecule has 0 radical (unpaired) electrons. The van der Waals surface area contributed by atoms with Crippen LogP contribution in [0.15, 0.2) is 10.7 Å². The average molecular weight is 233 g/mol. The van der Waals surface area contributed by atoms with Crippen LogP contribution in [0.1, 0.15) is 16.3 Å². The van der Waals surface area contributed by atoms with Crippen molar-refractivity contribution in [3.63, 3.8) is 0 Å². The molecule has 0 spiro atoms. The van der Waals surface area contributed by atoms with Crippen LogP contribution in [0.3, 0.4) is 0 Å². The van der Waals surface area contributed by atoms with Crippen LogP contribution >= 0.6 is 15.9 Å². The van der Waals surface area contributed by atoms with Gasteiger partial charge in [-0.3, -0.25) is 0 Å². The Morgan fingerprint density at radius 1 is 1.67 bits per heavy atom. The van der Waals surface area contributed by atoms with Crippen molar-refractivity contribution in [1.82, 2.24) is 9.97 Å². The lowest BCUT2D eigenvalue weighted by Gasteiger charge is -1.98. The lowest BCUT2D eigenvalue weighted by Crippen LogP contribution is -2.06. The zero-order chi connectivity index (χ0) is 9.14. The third-order valence-corrected chi connectivity index (χ3v) is 1.72. The molecule has 0 amide bonds. The number of aromatic nitrogens is 2. The zero-order valence-electron chi connectivity index (χ0n) is 5.86. The average Bonchev–Trinajstić information content (AvgIpc) is 2.05. The monoisotopic (exact) mass is 232 g/mol. The molecule has 0 aliphatic carbocycles. The molecule has 2 N–H and O–H groups in total. The molecule has 1 rings (SSSR count). The summed E-state index contributed by atoms with van der Waals surface area (Å²) in [5.74, 6) is -1.06. The quantitative estimate of drug-likeness (QED) is 0.773. The molecule has 0 aromatic carbocycles. The third-order valence-electron chi connectivity index (χ3n) is 1.14. The summed E-state index contributed by atoms with van der Waals surface area (Å²) in [5, 5.41) is 17.2. The molecular formula is C6H5BrN2O3. The van der Waals surface area contributed by atoms with Gasteiger partial charge in [-0.15, -0.1) is 0 Å². The van der Waals surface area contributed by atoms with Gasteiger partial charge < -0.3 is 10.2 Å². The summed E-state index contributed by atoms with van der Waals surface area (Å²) >= 11 is 2.97. The van der Waals surface area contributed by atoms with Crippen molar-refractivity contribution in [3.8, 4) is 0 Å². The SMILES string of the molecule is O=C(O)c1nc(CO)ncc1Br. The lowest BCUT2D eigenvalue weighted by atomic mass is 10.4. The standard InChI is InChI=1S/C6H5BrN2O3/c7-3-1-8-4(2-10)9-5(3)6(11)12/h1,10H,2H2,(H,11,12). The molecule has 12 heavy (non-hydrogen) atoms. The molecule has 6 heteroatoms. The minimum absolute atomic E-state index is 0.0931. The van der Waals surface area contributed by atoms with Crippen LogP contribution in [0.2, 0.25) is 0 Å². The van der Waals surface area contributed by atoms with Crippen LogP contribution < -0.4 is 0 Å². The van der Waals surface area contributed by atoms with Crippen molar-refractivity contribution in [2.24, 2.45) is 0 Å². The lowest BCUT2D eigenvalue weighted by molar-refractivity contribution is 0.0688. The molecule has 5 nitrogen and oxygen atoms in total. The summed E-state index contributed by atoms with van der Waals surface area (Å²) in [7, 11) is 0. The number of carboxylic acid groups (broad SMARTS) is 1. The van der Waals surface area contributed by atoms with Gasteiger partial charge in [0.1, 0.15) is 6.61 Å². The smallest absolute Gasteiger partial charge is 0.355 e. The molecule has 0 saturated heterocycles. The van der Waals surface area contributed by atoms with Gasteiger partial charge in [0, 0.05) is 6.20 Å². The second-order valence-electron chi connectivity index (χ2n) is 1.95. The zero-order valence-corrected chi connectivity index (χ0v) is 7.45. The Morgan fingerprint density at radius 2 is 2.33 bits per heavy atom. The molecule has 0 aliphatic rings. The van der Waals surface area contributed by atoms with Gasteiger partial charge >= 0.3 is 5.97 Å². The van der Waals surface area contributed by atoms with Crippen molar-refractivity contribution >= 4 is 21.9 Å². The molecule has 0 aliphatic heterocycles. The Bertz CT molecular complexity index is 316. The predicted octanol–water partition coefficient (Wildman–Crippen LogP) is 0.430. The topological polar surface area (TPSA) is 83.3 Å². The predicted molar refractivity (Wildman–Crippen MR) is 42.6 cm³/mol. The summed E-state index contributed by atoms with van der Waals surface area (Å²) in [5.41, 5.74) is -0.144. The van der Waals surface area contributed by atoms with E-state index in [0.29, 0.717) is 4.47 Å². The molecule has 0 atom stereocenters. The third kappa shape index (κ3) is 1.77. The van der Waals surface area contributed by atoms with E-state index in [2.05, 4.69) is 25.9 Å². The maximum atomic E-state index is 10.5. The van der Waals surface area contributed by atoms with Crippen molar-refractivity contribution in [3.05, 3.63) is 22.2 Å². The number of nitrogens with zero attached hydrogens (tertiary/aromatic N) is 2. The number of hydrogen-bond acceptors (Lipinski definition) is 4. The number of aliphatic hydroxyl groups is 1. The summed E-state index contributed by atoms with van der Waals surface area (Å²) in [4.78, 5) is 17.7. The minimum atomic E-state index is -1.15. The van der Waals surface area contributed by atoms with Crippen molar-refractivity contribution < 1.29 is 15.0 Å². The van der Waals surface area contributed by atoms with E-state index >= 15 is 0 Å². The largest absolute Gasteiger partial charge is 0.476 e. The number of carbonyl (C=O) groups is 1. The number of halogens is 1. The normalized spacial score (nSPS) is 9.83. The van der Waals surface area contributed by atoms with Gasteiger partial charge in [0.15, 0.2) is 11.5 Å². The fourth-order valence-corrected chi connectivity index (χ4v) is 0.990. The number of aliphatic hydroxyl groups excluding tert-OH is 1. The van der Waals surface area contributed by atoms with E-state index in [0.717, 1.165) is 0 Å². The second kappa shape index (κ2) is 3.59. The minimum Gasteiger partial charge on any atom is -0.476 e. The van der Waals surface area contributed by atoms with Crippen LogP contribution in [0.4, 0.5) is 0 Å². The van der Waals surface area contributed by atoms with E-state index in [4.69, 9.17) is 10.2 Å². The van der Waals surface area contributed by atoms with Gasteiger partial charge in [0.05, 0.1) is 4.47 Å². The number of rotatable bonds is 2. The van der Waals surface area contributed by atoms with Crippen LogP contribution in [0, 0.1) is 0 Å². The fourth-order valence-electron chi connectivity index (χ4n) is 0.630. The summed E-state index contributed by atoms with van der Waals surface area (Å²) in [6.07, 6.45) is 1.29. The van der Waals surface area contributed by atoms with Crippen LogP contribution in [0.25, 0.3) is 0 Å². The molecule has 1 aromatic rings. The Labute approximate surface area is 76.2 Å². The number of aromatic carboxylic acids is 1. The van der Waals surface area contributed by atoms with Gasteiger partial charge in [-0.1, -0.05) is 0 Å². The first-order valence-corrected chi connectivity index (χ1v) is 3.80. The van der Waals surface area contributed by atoms with Crippen molar-refractivity contribution in [2.45, 2.75) is 6.61 Å². The van der Waals surface area contributed by atoms with Crippen molar-refractivity contribution in [2.75, 3.05) is 0 Å². The van der Waals surface area contributed by atoms with Crippen LogP contribution in [0.5, 0.6) is 0 Å². The first kappa shape index (κ1) is 9.08. The van der Waals surface area contributed by atoms with E-state index in [1.807, 2.05) is 0 Å². The molecular weight excluding hydrogens is 228 g/mol. The van der Waals surface area contributed by atoms with E-state index in [9.17, 15) is 4.79 Å². The highest BCUT2D eigenvalue weighted by atomic mass is 79.9. The highest BCUT2D eigenvalue weighted by Crippen LogP contribution is 2.12. The van der Waals surface area contributed by atoms with E-state index in [1.54, 1.807) is 0 Å². The van der Waals surface area contributed by atoms with Gasteiger partial charge in [0.25, 0.3) is 0 Å². The fraction of sp³-hybridized carbons (Fsp3) is 0.167. The van der Waals surface area contributed by atoms with E-state index in [1.165, 1.54) is 6.20 Å². The van der Waals surface area contributed by atoms with Gasteiger partial charge in [0.2, 0.25) is 0 Å². The first-order chi connectivity index (χ1) is 5.65. The summed E-state index contributed by atoms with van der Waals surface area (Å²) in [6.45, 7) is -0.368. The molecule has 0 saturated carbocycles. The summed E-state index contributed by atoms with van der Waals surface area (Å²) in [6, 6.07) is 0. The second-order valence-corrected chi connectivity index (χ2v) is 2.80. The molecule has 0 unspecified atom stereocenters. The number of carboxylic acids is 1. The van der Waals surface area contributed by atoms with Gasteiger partial charge in [-0.25, -0.2) is 14.8 Å². The molecule has 0 bridgehead atoms. The van der Waals surface area contributed by atoms with Crippen LogP contribution in [-0.2, 0) is 6.61 Å². The highest BCUT2D eigenvalue weighted by Gasteiger charge is 2.11. The number of hydrogen-bond donors (Lipinski definition) is 2. The van der Waals surface area contributed by atoms with Crippen LogP contribution in [-0.4, -0.2) is 26.2 Å². The first-order valence-electron chi connectivity index (χ1n) is 3.00. The summed E-state index contributed by atoms with van der Waals surface area (Å²) < 4.78 is 0.298. The highest BCUT2D eigenvalue weighted by molar-refractivity contribution is 9.10. The Hall–Kier alpha value is -1.01. The van der Waals surface area contributed by atoms with E-state index in [-0.39, 0.29) is 18.1 Å². The Kier molecular flexibility index (Phi) is 2.72. The maximum Gasteiger partial charge on any atom is 0.355 e. The Morgan fingerprint density at radius 3 is 2.83 bits per heavy atom. The molecule has 0 fully saturated rings. The molecule has 64 valence electrons. The maximum absolute atomic E-state index is 10.5. The molecule has 1 heterocycles. The van der Waals surface area contributed by atoms with Gasteiger partial charge in [-0.2, -0.15) is 0 Å². The van der Waals surface area contributed by atoms with Crippen molar-refractivity contribution in [1.29, 1.82) is 0 Å². The van der Waals surface area contributed by atoms with Gasteiger partial charge in [-0.05, 0) is 15.9 Å². The molecule has 1 aromatic heterocycles. The Balaban J connectivity index is 3.17.